The molecule has 2 rings (SSSR count). The highest BCUT2D eigenvalue weighted by molar-refractivity contribution is 6.29. The third-order valence-electron chi connectivity index (χ3n) is 2.88. The van der Waals surface area contributed by atoms with Crippen LogP contribution in [0, 0.1) is 5.41 Å². The van der Waals surface area contributed by atoms with Gasteiger partial charge in [0.1, 0.15) is 16.4 Å². The average Bonchev–Trinajstić information content (AvgIpc) is 2.27. The summed E-state index contributed by atoms with van der Waals surface area (Å²) in [6.07, 6.45) is 1.13. The lowest BCUT2D eigenvalue weighted by atomic mass is 9.90. The van der Waals surface area contributed by atoms with Crippen LogP contribution >= 0.6 is 11.6 Å². The first-order valence-corrected chi connectivity index (χ1v) is 6.95. The maximum Gasteiger partial charge on any atom is 0.145 e. The first kappa shape index (κ1) is 14.1. The van der Waals surface area contributed by atoms with Crippen molar-refractivity contribution in [2.45, 2.75) is 40.2 Å². The van der Waals surface area contributed by atoms with E-state index in [0.717, 1.165) is 23.1 Å². The van der Waals surface area contributed by atoms with E-state index >= 15 is 0 Å². The lowest BCUT2D eigenvalue weighted by Crippen LogP contribution is -2.20. The van der Waals surface area contributed by atoms with Crippen LogP contribution in [-0.4, -0.2) is 11.1 Å². The first-order valence-electron chi connectivity index (χ1n) is 6.57. The van der Waals surface area contributed by atoms with Crippen molar-refractivity contribution in [2.75, 3.05) is 0 Å². The molecule has 1 heterocycles. The molecule has 0 fully saturated rings. The molecule has 0 bridgehead atoms. The number of aromatic nitrogens is 1. The number of halogens is 1. The van der Waals surface area contributed by atoms with Crippen LogP contribution in [0.5, 0.6) is 5.75 Å². The molecular formula is C16H20ClNO. The van der Waals surface area contributed by atoms with E-state index in [2.05, 4.69) is 32.7 Å². The van der Waals surface area contributed by atoms with E-state index < -0.39 is 0 Å². The zero-order valence-electron chi connectivity index (χ0n) is 11.9. The van der Waals surface area contributed by atoms with Crippen LogP contribution in [0.4, 0.5) is 0 Å². The number of rotatable bonds is 3. The van der Waals surface area contributed by atoms with Crippen molar-refractivity contribution in [1.82, 2.24) is 4.98 Å². The topological polar surface area (TPSA) is 22.1 Å². The number of hydrogen-bond donors (Lipinski definition) is 0. The van der Waals surface area contributed by atoms with Gasteiger partial charge in [0.05, 0.1) is 6.10 Å². The van der Waals surface area contributed by atoms with Crippen LogP contribution in [0.2, 0.25) is 5.15 Å². The molecule has 0 aliphatic carbocycles. The van der Waals surface area contributed by atoms with Crippen LogP contribution < -0.4 is 4.74 Å². The van der Waals surface area contributed by atoms with Crippen molar-refractivity contribution in [1.29, 1.82) is 0 Å². The highest BCUT2D eigenvalue weighted by Gasteiger charge is 2.17. The monoisotopic (exact) mass is 277 g/mol. The normalized spacial score (nSPS) is 13.5. The Labute approximate surface area is 119 Å². The Kier molecular flexibility index (Phi) is 4.00. The molecule has 102 valence electrons. The van der Waals surface area contributed by atoms with Crippen molar-refractivity contribution < 1.29 is 4.74 Å². The van der Waals surface area contributed by atoms with Crippen molar-refractivity contribution in [2.24, 2.45) is 5.41 Å². The van der Waals surface area contributed by atoms with Gasteiger partial charge in [-0.3, -0.25) is 0 Å². The molecule has 1 unspecified atom stereocenters. The van der Waals surface area contributed by atoms with Crippen LogP contribution in [-0.2, 0) is 0 Å². The van der Waals surface area contributed by atoms with Gasteiger partial charge in [0.25, 0.3) is 0 Å². The fourth-order valence-corrected chi connectivity index (χ4v) is 2.46. The maximum absolute atomic E-state index is 6.04. The van der Waals surface area contributed by atoms with Gasteiger partial charge >= 0.3 is 0 Å². The minimum atomic E-state index is 0.145. The quantitative estimate of drug-likeness (QED) is 0.729. The fraction of sp³-hybridized carbons (Fsp3) is 0.438. The van der Waals surface area contributed by atoms with E-state index in [1.54, 1.807) is 6.07 Å². The number of hydrogen-bond acceptors (Lipinski definition) is 2. The Morgan fingerprint density at radius 2 is 1.95 bits per heavy atom. The Hall–Kier alpha value is -1.28. The zero-order valence-corrected chi connectivity index (χ0v) is 12.7. The standard InChI is InChI=1S/C16H20ClNO/c1-11(10-16(2,3)4)19-13-7-5-6-12-8-9-14(17)18-15(12)13/h5-9,11H,10H2,1-4H3. The number of benzene rings is 1. The van der Waals surface area contributed by atoms with Gasteiger partial charge in [-0.25, -0.2) is 4.98 Å². The molecule has 1 aromatic carbocycles. The van der Waals surface area contributed by atoms with Crippen molar-refractivity contribution in [3.8, 4) is 5.75 Å². The largest absolute Gasteiger partial charge is 0.488 e. The number of para-hydroxylation sites is 1. The second kappa shape index (κ2) is 5.38. The summed E-state index contributed by atoms with van der Waals surface area (Å²) in [7, 11) is 0. The summed E-state index contributed by atoms with van der Waals surface area (Å²) in [5.74, 6) is 0.803. The summed E-state index contributed by atoms with van der Waals surface area (Å²) in [6, 6.07) is 9.71. The van der Waals surface area contributed by atoms with E-state index in [4.69, 9.17) is 16.3 Å². The van der Waals surface area contributed by atoms with Crippen molar-refractivity contribution in [3.05, 3.63) is 35.5 Å². The molecule has 0 spiro atoms. The van der Waals surface area contributed by atoms with E-state index in [0.29, 0.717) is 5.15 Å². The average molecular weight is 278 g/mol. The summed E-state index contributed by atoms with van der Waals surface area (Å²) in [5, 5.41) is 1.54. The number of fused-ring (bicyclic) bond motifs is 1. The predicted octanol–water partition coefficient (Wildman–Crippen LogP) is 5.09. The maximum atomic E-state index is 6.04. The molecule has 0 aliphatic rings. The lowest BCUT2D eigenvalue weighted by Gasteiger charge is -2.24. The van der Waals surface area contributed by atoms with Gasteiger partial charge < -0.3 is 4.74 Å². The second-order valence-electron chi connectivity index (χ2n) is 6.16. The summed E-state index contributed by atoms with van der Waals surface area (Å²) < 4.78 is 6.04. The SMILES string of the molecule is CC(CC(C)(C)C)Oc1cccc2ccc(Cl)nc12. The van der Waals surface area contributed by atoms with E-state index in [1.165, 1.54) is 0 Å². The Bertz CT molecular complexity index is 574. The van der Waals surface area contributed by atoms with Crippen molar-refractivity contribution in [3.63, 3.8) is 0 Å². The molecule has 1 aromatic heterocycles. The van der Waals surface area contributed by atoms with Gasteiger partial charge in [0.15, 0.2) is 0 Å². The van der Waals surface area contributed by atoms with Crippen molar-refractivity contribution >= 4 is 22.5 Å². The van der Waals surface area contributed by atoms with Gasteiger partial charge in [-0.05, 0) is 37.0 Å². The van der Waals surface area contributed by atoms with E-state index in [1.807, 2.05) is 24.3 Å². The first-order chi connectivity index (χ1) is 8.85. The van der Waals surface area contributed by atoms with Crippen LogP contribution in [0.15, 0.2) is 30.3 Å². The van der Waals surface area contributed by atoms with Crippen LogP contribution in [0.1, 0.15) is 34.1 Å². The summed E-state index contributed by atoms with van der Waals surface area (Å²) in [5.41, 5.74) is 1.07. The third-order valence-corrected chi connectivity index (χ3v) is 3.09. The van der Waals surface area contributed by atoms with Gasteiger partial charge in [-0.15, -0.1) is 0 Å². The minimum absolute atomic E-state index is 0.145. The molecule has 2 nitrogen and oxygen atoms in total. The number of pyridine rings is 1. The summed E-state index contributed by atoms with van der Waals surface area (Å²) >= 11 is 5.97. The highest BCUT2D eigenvalue weighted by atomic mass is 35.5. The molecule has 2 aromatic rings. The molecule has 19 heavy (non-hydrogen) atoms. The van der Waals surface area contributed by atoms with Gasteiger partial charge in [0.2, 0.25) is 0 Å². The van der Waals surface area contributed by atoms with Gasteiger partial charge in [-0.2, -0.15) is 0 Å². The van der Waals surface area contributed by atoms with Gasteiger partial charge in [-0.1, -0.05) is 44.5 Å². The molecule has 3 heteroatoms. The van der Waals surface area contributed by atoms with E-state index in [9.17, 15) is 0 Å². The minimum Gasteiger partial charge on any atom is -0.488 e. The molecule has 0 saturated heterocycles. The molecule has 0 saturated carbocycles. The molecule has 0 N–H and O–H groups in total. The van der Waals surface area contributed by atoms with Crippen LogP contribution in [0.25, 0.3) is 10.9 Å². The zero-order chi connectivity index (χ0) is 14.0. The molecule has 0 aliphatic heterocycles. The predicted molar refractivity (Wildman–Crippen MR) is 80.9 cm³/mol. The molecule has 0 radical (unpaired) electrons. The number of nitrogens with zero attached hydrogens (tertiary/aromatic N) is 1. The molecular weight excluding hydrogens is 258 g/mol. The highest BCUT2D eigenvalue weighted by Crippen LogP contribution is 2.28. The Morgan fingerprint density at radius 1 is 1.21 bits per heavy atom. The second-order valence-corrected chi connectivity index (χ2v) is 6.54. The molecule has 0 amide bonds. The molecule has 1 atom stereocenters. The third kappa shape index (κ3) is 3.84. The summed E-state index contributed by atoms with van der Waals surface area (Å²) in [6.45, 7) is 8.73. The van der Waals surface area contributed by atoms with Gasteiger partial charge in [0, 0.05) is 5.39 Å². The number of ether oxygens (including phenoxy) is 1. The lowest BCUT2D eigenvalue weighted by molar-refractivity contribution is 0.162. The van der Waals surface area contributed by atoms with E-state index in [-0.39, 0.29) is 11.5 Å². The van der Waals surface area contributed by atoms with Crippen LogP contribution in [0.3, 0.4) is 0 Å². The smallest absolute Gasteiger partial charge is 0.145 e. The summed E-state index contributed by atoms with van der Waals surface area (Å²) in [4.78, 5) is 4.37. The Balaban J connectivity index is 2.27. The fourth-order valence-electron chi connectivity index (χ4n) is 2.31. The Morgan fingerprint density at radius 3 is 2.63 bits per heavy atom.